The molecule has 0 saturated heterocycles. The summed E-state index contributed by atoms with van der Waals surface area (Å²) in [5.41, 5.74) is 1.64. The first-order chi connectivity index (χ1) is 5.81. The Morgan fingerprint density at radius 2 is 2.33 bits per heavy atom. The average Bonchev–Trinajstić information content (AvgIpc) is 2.16. The molecule has 0 aliphatic heterocycles. The highest BCUT2D eigenvalue weighted by Gasteiger charge is 2.01. The molecule has 12 heavy (non-hydrogen) atoms. The van der Waals surface area contributed by atoms with E-state index in [1.807, 2.05) is 12.1 Å². The first-order valence-corrected chi connectivity index (χ1v) is 4.57. The van der Waals surface area contributed by atoms with Crippen LogP contribution in [0.5, 0.6) is 5.75 Å². The van der Waals surface area contributed by atoms with Crippen LogP contribution in [0.15, 0.2) is 18.2 Å². The van der Waals surface area contributed by atoms with Crippen molar-refractivity contribution < 1.29 is 4.74 Å². The van der Waals surface area contributed by atoms with Gasteiger partial charge in [-0.15, -0.1) is 0 Å². The number of hydrogen-bond donors (Lipinski definition) is 0. The summed E-state index contributed by atoms with van der Waals surface area (Å²) in [6, 6.07) is 7.57. The van der Waals surface area contributed by atoms with Crippen LogP contribution in [0.25, 0.3) is 0 Å². The van der Waals surface area contributed by atoms with Gasteiger partial charge in [0, 0.05) is 5.33 Å². The third-order valence-corrected chi connectivity index (χ3v) is 2.19. The van der Waals surface area contributed by atoms with E-state index in [1.54, 1.807) is 13.2 Å². The van der Waals surface area contributed by atoms with Crippen molar-refractivity contribution in [3.63, 3.8) is 0 Å². The largest absolute Gasteiger partial charge is 0.497 e. The molecule has 0 bridgehead atoms. The number of nitriles is 1. The van der Waals surface area contributed by atoms with E-state index in [0.29, 0.717) is 10.9 Å². The maximum atomic E-state index is 8.74. The van der Waals surface area contributed by atoms with Crippen LogP contribution in [0, 0.1) is 11.3 Å². The summed E-state index contributed by atoms with van der Waals surface area (Å²) < 4.78 is 4.99. The molecular weight excluding hydrogens is 218 g/mol. The fourth-order valence-electron chi connectivity index (χ4n) is 0.903. The maximum Gasteiger partial charge on any atom is 0.120 e. The predicted octanol–water partition coefficient (Wildman–Crippen LogP) is 2.46. The van der Waals surface area contributed by atoms with E-state index in [4.69, 9.17) is 10.00 Å². The Kier molecular flexibility index (Phi) is 3.12. The van der Waals surface area contributed by atoms with Gasteiger partial charge in [-0.3, -0.25) is 0 Å². The Hall–Kier alpha value is -1.01. The molecule has 1 aromatic carbocycles. The molecule has 0 aliphatic carbocycles. The third-order valence-electron chi connectivity index (χ3n) is 1.58. The van der Waals surface area contributed by atoms with Crippen LogP contribution in [0.4, 0.5) is 0 Å². The zero-order valence-electron chi connectivity index (χ0n) is 6.67. The number of ether oxygens (including phenoxy) is 1. The molecule has 62 valence electrons. The Morgan fingerprint density at radius 1 is 1.58 bits per heavy atom. The number of nitrogens with zero attached hydrogens (tertiary/aromatic N) is 1. The molecule has 0 saturated carbocycles. The summed E-state index contributed by atoms with van der Waals surface area (Å²) in [6.45, 7) is 0. The number of methoxy groups -OCH3 is 1. The van der Waals surface area contributed by atoms with Crippen LogP contribution in [-0.2, 0) is 5.33 Å². The molecule has 2 nitrogen and oxygen atoms in total. The lowest BCUT2D eigenvalue weighted by Gasteiger charge is -2.02. The second kappa shape index (κ2) is 4.13. The average molecular weight is 226 g/mol. The van der Waals surface area contributed by atoms with Crippen molar-refractivity contribution in [2.45, 2.75) is 5.33 Å². The third kappa shape index (κ3) is 1.77. The normalized spacial score (nSPS) is 9.08. The standard InChI is InChI=1S/C9H8BrNO/c1-12-9-3-2-7(5-10)8(4-9)6-11/h2-4H,5H2,1H3. The van der Waals surface area contributed by atoms with Gasteiger partial charge in [0.15, 0.2) is 0 Å². The van der Waals surface area contributed by atoms with Gasteiger partial charge in [-0.2, -0.15) is 5.26 Å². The molecule has 0 fully saturated rings. The van der Waals surface area contributed by atoms with E-state index in [-0.39, 0.29) is 0 Å². The van der Waals surface area contributed by atoms with Crippen LogP contribution in [0.3, 0.4) is 0 Å². The van der Waals surface area contributed by atoms with Gasteiger partial charge in [0.05, 0.1) is 18.7 Å². The molecule has 0 spiro atoms. The number of hydrogen-bond acceptors (Lipinski definition) is 2. The minimum Gasteiger partial charge on any atom is -0.497 e. The molecule has 0 unspecified atom stereocenters. The Labute approximate surface area is 79.9 Å². The van der Waals surface area contributed by atoms with Gasteiger partial charge >= 0.3 is 0 Å². The van der Waals surface area contributed by atoms with Gasteiger partial charge in [0.2, 0.25) is 0 Å². The summed E-state index contributed by atoms with van der Waals surface area (Å²) in [5.74, 6) is 0.719. The minimum absolute atomic E-state index is 0.659. The summed E-state index contributed by atoms with van der Waals surface area (Å²) in [6.07, 6.45) is 0. The van der Waals surface area contributed by atoms with Gasteiger partial charge in [-0.25, -0.2) is 0 Å². The zero-order valence-corrected chi connectivity index (χ0v) is 8.26. The monoisotopic (exact) mass is 225 g/mol. The quantitative estimate of drug-likeness (QED) is 0.725. The lowest BCUT2D eigenvalue weighted by atomic mass is 10.1. The number of benzene rings is 1. The van der Waals surface area contributed by atoms with Crippen molar-refractivity contribution in [2.24, 2.45) is 0 Å². The smallest absolute Gasteiger partial charge is 0.120 e. The molecule has 0 heterocycles. The molecule has 0 aromatic heterocycles. The second-order valence-electron chi connectivity index (χ2n) is 2.27. The van der Waals surface area contributed by atoms with Crippen molar-refractivity contribution in [1.82, 2.24) is 0 Å². The van der Waals surface area contributed by atoms with Crippen LogP contribution < -0.4 is 4.74 Å². The summed E-state index contributed by atoms with van der Waals surface area (Å²) in [4.78, 5) is 0. The van der Waals surface area contributed by atoms with E-state index in [0.717, 1.165) is 11.3 Å². The minimum atomic E-state index is 0.659. The van der Waals surface area contributed by atoms with Crippen molar-refractivity contribution >= 4 is 15.9 Å². The molecule has 1 rings (SSSR count). The van der Waals surface area contributed by atoms with E-state index >= 15 is 0 Å². The Bertz CT molecular complexity index is 317. The molecular formula is C9H8BrNO. The van der Waals surface area contributed by atoms with Crippen molar-refractivity contribution in [2.75, 3.05) is 7.11 Å². The van der Waals surface area contributed by atoms with Crippen molar-refractivity contribution in [1.29, 1.82) is 5.26 Å². The highest BCUT2D eigenvalue weighted by atomic mass is 79.9. The SMILES string of the molecule is COc1ccc(CBr)c(C#N)c1. The van der Waals surface area contributed by atoms with Gasteiger partial charge in [-0.1, -0.05) is 22.0 Å². The van der Waals surface area contributed by atoms with Crippen molar-refractivity contribution in [3.8, 4) is 11.8 Å². The molecule has 1 aromatic rings. The van der Waals surface area contributed by atoms with E-state index in [1.165, 1.54) is 0 Å². The zero-order chi connectivity index (χ0) is 8.97. The molecule has 0 aliphatic rings. The topological polar surface area (TPSA) is 33.0 Å². The molecule has 0 radical (unpaired) electrons. The van der Waals surface area contributed by atoms with Gasteiger partial charge in [-0.05, 0) is 17.7 Å². The van der Waals surface area contributed by atoms with Crippen LogP contribution in [-0.4, -0.2) is 7.11 Å². The summed E-state index contributed by atoms with van der Waals surface area (Å²) >= 11 is 3.30. The van der Waals surface area contributed by atoms with Gasteiger partial charge in [0.1, 0.15) is 5.75 Å². The Morgan fingerprint density at radius 3 is 2.83 bits per heavy atom. The first-order valence-electron chi connectivity index (χ1n) is 3.44. The van der Waals surface area contributed by atoms with E-state index in [2.05, 4.69) is 22.0 Å². The lowest BCUT2D eigenvalue weighted by Crippen LogP contribution is -1.88. The number of rotatable bonds is 2. The van der Waals surface area contributed by atoms with Gasteiger partial charge in [0.25, 0.3) is 0 Å². The Balaban J connectivity index is 3.13. The highest BCUT2D eigenvalue weighted by molar-refractivity contribution is 9.08. The molecule has 0 atom stereocenters. The van der Waals surface area contributed by atoms with Crippen LogP contribution >= 0.6 is 15.9 Å². The van der Waals surface area contributed by atoms with Crippen LogP contribution in [0.2, 0.25) is 0 Å². The van der Waals surface area contributed by atoms with Gasteiger partial charge < -0.3 is 4.74 Å². The fourth-order valence-corrected chi connectivity index (χ4v) is 1.39. The maximum absolute atomic E-state index is 8.74. The second-order valence-corrected chi connectivity index (χ2v) is 2.83. The number of alkyl halides is 1. The van der Waals surface area contributed by atoms with E-state index < -0.39 is 0 Å². The fraction of sp³-hybridized carbons (Fsp3) is 0.222. The summed E-state index contributed by atoms with van der Waals surface area (Å²) in [7, 11) is 1.59. The summed E-state index contributed by atoms with van der Waals surface area (Å²) in [5, 5.41) is 9.44. The molecule has 0 N–H and O–H groups in total. The van der Waals surface area contributed by atoms with Crippen LogP contribution in [0.1, 0.15) is 11.1 Å². The first kappa shape index (κ1) is 9.08. The molecule has 0 amide bonds. The molecule has 3 heteroatoms. The highest BCUT2D eigenvalue weighted by Crippen LogP contribution is 2.18. The van der Waals surface area contributed by atoms with E-state index in [9.17, 15) is 0 Å². The lowest BCUT2D eigenvalue weighted by molar-refractivity contribution is 0.414. The van der Waals surface area contributed by atoms with Crippen molar-refractivity contribution in [3.05, 3.63) is 29.3 Å². The number of halogens is 1. The predicted molar refractivity (Wildman–Crippen MR) is 50.3 cm³/mol.